The number of hydrogen-bond donors (Lipinski definition) is 0. The van der Waals surface area contributed by atoms with Crippen LogP contribution in [0.5, 0.6) is 0 Å². The van der Waals surface area contributed by atoms with Crippen molar-refractivity contribution < 1.29 is 10.3 Å². The molecule has 0 aliphatic carbocycles. The lowest BCUT2D eigenvalue weighted by atomic mass is 11.9. The third-order valence-corrected chi connectivity index (χ3v) is 0. The molecule has 0 aromatic heterocycles. The van der Waals surface area contributed by atoms with E-state index < -0.39 is 0 Å². The van der Waals surface area contributed by atoms with Crippen LogP contribution < -0.4 is 0 Å². The van der Waals surface area contributed by atoms with Gasteiger partial charge in [-0.05, 0) is 0 Å². The Hall–Kier alpha value is 0.162. The van der Waals surface area contributed by atoms with Crippen LogP contribution in [0.2, 0.25) is 0 Å². The Morgan fingerprint density at radius 1 is 1.25 bits per heavy atom. The van der Waals surface area contributed by atoms with Gasteiger partial charge in [-0.3, -0.25) is 0 Å². The van der Waals surface area contributed by atoms with Gasteiger partial charge in [0.1, 0.15) is 6.79 Å². The second kappa shape index (κ2) is 560. The number of rotatable bonds is 0. The van der Waals surface area contributed by atoms with Gasteiger partial charge in [0, 0.05) is 0 Å². The molecule has 0 aliphatic heterocycles. The van der Waals surface area contributed by atoms with Crippen LogP contribution in [0, 0.1) is 0 Å². The maximum atomic E-state index is 8.00. The lowest BCUT2D eigenvalue weighted by Crippen LogP contribution is -0.925. The predicted molar refractivity (Wildman–Crippen MR) is 20.7 cm³/mol. The van der Waals surface area contributed by atoms with Gasteiger partial charge in [0.2, 0.25) is 0 Å². The summed E-state index contributed by atoms with van der Waals surface area (Å²) >= 11 is 0. The van der Waals surface area contributed by atoms with Crippen LogP contribution in [0.4, 0.5) is 0 Å². The fourth-order valence-electron chi connectivity index (χ4n) is 0. The average molecular weight is 78.0 g/mol. The van der Waals surface area contributed by atoms with Gasteiger partial charge in [0.15, 0.2) is 17.4 Å². The van der Waals surface area contributed by atoms with Gasteiger partial charge in [0.25, 0.3) is 0 Å². The van der Waals surface area contributed by atoms with Gasteiger partial charge in [-0.1, -0.05) is 0 Å². The highest BCUT2D eigenvalue weighted by molar-refractivity contribution is 5.75. The highest BCUT2D eigenvalue weighted by atomic mass is 27.0. The molecule has 0 atom stereocenters. The monoisotopic (exact) mass is 78.0 g/mol. The molecule has 0 bridgehead atoms. The molecule has 26 valence electrons. The molecule has 0 saturated heterocycles. The first-order valence-corrected chi connectivity index (χ1v) is 0.289. The molecular weight excluding hydrogens is 71.0 g/mol. The standard InChI is InChI=1S/CH2O.Al.H2O.3H/c1-2;;;;;/h1H2;;1H2;;;. The Balaban J connectivity index is -0.00000000500. The molecule has 0 aromatic carbocycles. The molecule has 4 heavy (non-hydrogen) atoms. The largest absolute Gasteiger partial charge is 0.412 e. The fourth-order valence-corrected chi connectivity index (χ4v) is 0. The topological polar surface area (TPSA) is 48.6 Å². The van der Waals surface area contributed by atoms with E-state index in [1.54, 1.807) is 0 Å². The van der Waals surface area contributed by atoms with E-state index in [4.69, 9.17) is 4.79 Å². The summed E-state index contributed by atoms with van der Waals surface area (Å²) < 4.78 is 0. The van der Waals surface area contributed by atoms with Gasteiger partial charge in [-0.2, -0.15) is 0 Å². The summed E-state index contributed by atoms with van der Waals surface area (Å²) in [4.78, 5) is 8.00. The first-order valence-electron chi connectivity index (χ1n) is 0.289. The molecule has 0 aliphatic rings. The lowest BCUT2D eigenvalue weighted by Gasteiger charge is -0.837. The molecular formula is CH7AlO2. The highest BCUT2D eigenvalue weighted by Gasteiger charge is 0.636. The van der Waals surface area contributed by atoms with Crippen LogP contribution in [0.25, 0.3) is 0 Å². The average Bonchev–Trinajstić information content (AvgIpc) is 1.00. The molecule has 3 heteroatoms. The van der Waals surface area contributed by atoms with Crippen molar-refractivity contribution in [1.82, 2.24) is 0 Å². The first kappa shape index (κ1) is 30.8. The van der Waals surface area contributed by atoms with E-state index in [0.717, 1.165) is 0 Å². The van der Waals surface area contributed by atoms with E-state index in [2.05, 4.69) is 0 Å². The molecule has 0 spiro atoms. The molecule has 0 unspecified atom stereocenters. The SMILES string of the molecule is C=O.O.[AlH3]. The Bertz CT molecular complexity index is 6.00. The van der Waals surface area contributed by atoms with Crippen molar-refractivity contribution in [3.8, 4) is 0 Å². The van der Waals surface area contributed by atoms with Gasteiger partial charge in [-0.15, -0.1) is 0 Å². The Labute approximate surface area is 35.3 Å². The van der Waals surface area contributed by atoms with Gasteiger partial charge >= 0.3 is 0 Å². The first-order chi connectivity index (χ1) is 1.00. The van der Waals surface area contributed by atoms with Crippen LogP contribution in [-0.2, 0) is 4.79 Å². The van der Waals surface area contributed by atoms with E-state index in [1.165, 1.54) is 0 Å². The van der Waals surface area contributed by atoms with Gasteiger partial charge in [0.05, 0.1) is 0 Å². The van der Waals surface area contributed by atoms with Crippen molar-refractivity contribution in [3.05, 3.63) is 0 Å². The summed E-state index contributed by atoms with van der Waals surface area (Å²) in [6.07, 6.45) is 0. The van der Waals surface area contributed by atoms with E-state index in [0.29, 0.717) is 0 Å². The summed E-state index contributed by atoms with van der Waals surface area (Å²) in [6.45, 7) is 2.00. The van der Waals surface area contributed by atoms with Crippen LogP contribution in [-0.4, -0.2) is 29.6 Å². The van der Waals surface area contributed by atoms with E-state index >= 15 is 0 Å². The molecule has 0 saturated carbocycles. The summed E-state index contributed by atoms with van der Waals surface area (Å²) in [7, 11) is 0. The number of hydrogen-bond acceptors (Lipinski definition) is 1. The van der Waals surface area contributed by atoms with Gasteiger partial charge in [-0.25, -0.2) is 0 Å². The third-order valence-electron chi connectivity index (χ3n) is 0. The van der Waals surface area contributed by atoms with E-state index in [1.807, 2.05) is 6.79 Å². The summed E-state index contributed by atoms with van der Waals surface area (Å²) in [6, 6.07) is 0. The normalized spacial score (nSPS) is 1.00. The zero-order valence-corrected chi connectivity index (χ0v) is 1.62. The van der Waals surface area contributed by atoms with E-state index in [9.17, 15) is 0 Å². The fraction of sp³-hybridized carbons (Fsp3) is 0. The smallest absolute Gasteiger partial charge is 0.187 e. The summed E-state index contributed by atoms with van der Waals surface area (Å²) in [5.74, 6) is 0. The quantitative estimate of drug-likeness (QED) is 0.303. The minimum atomic E-state index is 0. The Morgan fingerprint density at radius 3 is 1.25 bits per heavy atom. The third kappa shape index (κ3) is 111. The maximum absolute atomic E-state index is 8.00. The van der Waals surface area contributed by atoms with Crippen LogP contribution >= 0.6 is 0 Å². The van der Waals surface area contributed by atoms with Crippen molar-refractivity contribution in [2.45, 2.75) is 0 Å². The second-order valence-electron chi connectivity index (χ2n) is 0. The van der Waals surface area contributed by atoms with E-state index in [-0.39, 0.29) is 22.8 Å². The molecule has 0 heterocycles. The van der Waals surface area contributed by atoms with Crippen LogP contribution in [0.15, 0.2) is 0 Å². The van der Waals surface area contributed by atoms with Crippen LogP contribution in [0.1, 0.15) is 0 Å². The molecule has 2 N–H and O–H groups in total. The maximum Gasteiger partial charge on any atom is 0.187 e. The van der Waals surface area contributed by atoms with Crippen molar-refractivity contribution in [2.24, 2.45) is 0 Å². The molecule has 0 aromatic rings. The zero-order chi connectivity index (χ0) is 2.00. The van der Waals surface area contributed by atoms with Gasteiger partial charge < -0.3 is 10.3 Å². The predicted octanol–water partition coefficient (Wildman–Crippen LogP) is -2.19. The summed E-state index contributed by atoms with van der Waals surface area (Å²) in [5.41, 5.74) is 0. The zero-order valence-electron chi connectivity index (χ0n) is 1.62. The molecule has 0 fully saturated rings. The minimum Gasteiger partial charge on any atom is -0.412 e. The van der Waals surface area contributed by atoms with Crippen molar-refractivity contribution in [2.75, 3.05) is 0 Å². The molecule has 0 radical (unpaired) electrons. The Morgan fingerprint density at radius 2 is 1.25 bits per heavy atom. The van der Waals surface area contributed by atoms with Crippen molar-refractivity contribution in [3.63, 3.8) is 0 Å². The molecule has 0 rings (SSSR count). The summed E-state index contributed by atoms with van der Waals surface area (Å²) in [5, 5.41) is 0. The Kier molecular flexibility index (Phi) is 4310. The van der Waals surface area contributed by atoms with Crippen molar-refractivity contribution >= 4 is 24.2 Å². The molecule has 2 nitrogen and oxygen atoms in total. The number of carbonyl (C=O) groups is 1. The second-order valence-corrected chi connectivity index (χ2v) is 0. The van der Waals surface area contributed by atoms with Crippen molar-refractivity contribution in [1.29, 1.82) is 0 Å². The molecule has 0 amide bonds. The van der Waals surface area contributed by atoms with Crippen LogP contribution in [0.3, 0.4) is 0 Å². The minimum absolute atomic E-state index is 0. The highest BCUT2D eigenvalue weighted by Crippen LogP contribution is 0.494. The lowest BCUT2D eigenvalue weighted by molar-refractivity contribution is -0.0979. The number of carbonyl (C=O) groups excluding carboxylic acids is 1.